The van der Waals surface area contributed by atoms with Gasteiger partial charge in [-0.15, -0.1) is 11.3 Å². The predicted molar refractivity (Wildman–Crippen MR) is 95.3 cm³/mol. The second kappa shape index (κ2) is 5.85. The Kier molecular flexibility index (Phi) is 3.67. The molecule has 4 nitrogen and oxygen atoms in total. The summed E-state index contributed by atoms with van der Waals surface area (Å²) in [5, 5.41) is 3.30. The molecule has 1 aliphatic heterocycles. The van der Waals surface area contributed by atoms with Gasteiger partial charge in [-0.25, -0.2) is 0 Å². The number of carbonyl (C=O) groups excluding carboxylic acids is 2. The second-order valence-electron chi connectivity index (χ2n) is 5.99. The first-order chi connectivity index (χ1) is 11.6. The van der Waals surface area contributed by atoms with Crippen molar-refractivity contribution >= 4 is 33.2 Å². The maximum atomic E-state index is 12.4. The lowest BCUT2D eigenvalue weighted by atomic mass is 10.1. The van der Waals surface area contributed by atoms with E-state index in [1.807, 2.05) is 12.1 Å². The highest BCUT2D eigenvalue weighted by Crippen LogP contribution is 2.27. The van der Waals surface area contributed by atoms with E-state index in [2.05, 4.69) is 17.5 Å². The van der Waals surface area contributed by atoms with Crippen molar-refractivity contribution in [3.05, 3.63) is 70.6 Å². The number of nitrogens with two attached hydrogens (primary N) is 1. The minimum Gasteiger partial charge on any atom is -0.326 e. The zero-order valence-electron chi connectivity index (χ0n) is 12.9. The van der Waals surface area contributed by atoms with E-state index in [9.17, 15) is 9.59 Å². The fourth-order valence-electron chi connectivity index (χ4n) is 3.18. The number of imide groups is 1. The summed E-state index contributed by atoms with van der Waals surface area (Å²) in [6.07, 6.45) is 0.636. The lowest BCUT2D eigenvalue weighted by molar-refractivity contribution is 0.0644. The van der Waals surface area contributed by atoms with E-state index in [-0.39, 0.29) is 24.4 Å². The second-order valence-corrected chi connectivity index (χ2v) is 6.90. The van der Waals surface area contributed by atoms with Gasteiger partial charge in [0.2, 0.25) is 0 Å². The highest BCUT2D eigenvalue weighted by molar-refractivity contribution is 7.17. The van der Waals surface area contributed by atoms with E-state index < -0.39 is 0 Å². The molecule has 0 fully saturated rings. The third-order valence-corrected chi connectivity index (χ3v) is 5.35. The maximum Gasteiger partial charge on any atom is 0.261 e. The van der Waals surface area contributed by atoms with E-state index in [1.54, 1.807) is 35.6 Å². The molecule has 5 heteroatoms. The van der Waals surface area contributed by atoms with Crippen molar-refractivity contribution in [2.45, 2.75) is 12.5 Å². The zero-order valence-corrected chi connectivity index (χ0v) is 13.8. The molecule has 4 rings (SSSR count). The van der Waals surface area contributed by atoms with Gasteiger partial charge in [0.05, 0.1) is 11.1 Å². The number of rotatable bonds is 4. The largest absolute Gasteiger partial charge is 0.326 e. The number of thiophene rings is 1. The molecule has 2 aromatic carbocycles. The zero-order chi connectivity index (χ0) is 16.7. The van der Waals surface area contributed by atoms with Crippen molar-refractivity contribution in [3.63, 3.8) is 0 Å². The summed E-state index contributed by atoms with van der Waals surface area (Å²) in [4.78, 5) is 26.1. The maximum absolute atomic E-state index is 12.4. The van der Waals surface area contributed by atoms with Crippen LogP contribution in [0.15, 0.2) is 53.9 Å². The van der Waals surface area contributed by atoms with Gasteiger partial charge in [-0.2, -0.15) is 0 Å². The van der Waals surface area contributed by atoms with E-state index in [0.717, 1.165) is 0 Å². The summed E-state index contributed by atoms with van der Waals surface area (Å²) in [6.45, 7) is 0.233. The lowest BCUT2D eigenvalue weighted by Crippen LogP contribution is -2.41. The highest BCUT2D eigenvalue weighted by atomic mass is 32.1. The Morgan fingerprint density at radius 3 is 2.29 bits per heavy atom. The standard InChI is InChI=1S/C19H16N2O2S/c20-13(9-12-11-24-17-8-4-3-5-14(12)17)10-21-18(22)15-6-1-2-7-16(15)19(21)23/h1-8,11,13H,9-10,20H2/t13-/m1/s1. The summed E-state index contributed by atoms with van der Waals surface area (Å²) in [5.41, 5.74) is 8.36. The van der Waals surface area contributed by atoms with Crippen LogP contribution in [-0.4, -0.2) is 29.3 Å². The molecule has 2 amide bonds. The van der Waals surface area contributed by atoms with Gasteiger partial charge in [-0.1, -0.05) is 30.3 Å². The molecule has 0 saturated carbocycles. The molecule has 3 aromatic rings. The molecule has 2 N–H and O–H groups in total. The topological polar surface area (TPSA) is 63.4 Å². The van der Waals surface area contributed by atoms with Crippen molar-refractivity contribution in [2.75, 3.05) is 6.54 Å². The minimum absolute atomic E-state index is 0.233. The molecule has 0 aliphatic carbocycles. The molecular formula is C19H16N2O2S. The predicted octanol–water partition coefficient (Wildman–Crippen LogP) is 3.07. The fourth-order valence-corrected chi connectivity index (χ4v) is 4.15. The van der Waals surface area contributed by atoms with Crippen LogP contribution in [0.5, 0.6) is 0 Å². The summed E-state index contributed by atoms with van der Waals surface area (Å²) >= 11 is 1.69. The fraction of sp³-hybridized carbons (Fsp3) is 0.158. The van der Waals surface area contributed by atoms with Crippen molar-refractivity contribution in [3.8, 4) is 0 Å². The summed E-state index contributed by atoms with van der Waals surface area (Å²) in [6, 6.07) is 14.8. The number of amides is 2. The van der Waals surface area contributed by atoms with Gasteiger partial charge in [-0.3, -0.25) is 14.5 Å². The lowest BCUT2D eigenvalue weighted by Gasteiger charge is -2.19. The number of fused-ring (bicyclic) bond motifs is 2. The molecule has 0 bridgehead atoms. The normalized spacial score (nSPS) is 15.1. The van der Waals surface area contributed by atoms with Crippen LogP contribution in [0.25, 0.3) is 10.1 Å². The Hall–Kier alpha value is -2.50. The van der Waals surface area contributed by atoms with Gasteiger partial charge in [0, 0.05) is 17.3 Å². The molecule has 1 aromatic heterocycles. The van der Waals surface area contributed by atoms with Gasteiger partial charge >= 0.3 is 0 Å². The smallest absolute Gasteiger partial charge is 0.261 e. The molecule has 0 radical (unpaired) electrons. The van der Waals surface area contributed by atoms with Crippen LogP contribution in [0.2, 0.25) is 0 Å². The van der Waals surface area contributed by atoms with Crippen LogP contribution in [0.1, 0.15) is 26.3 Å². The molecule has 0 saturated heterocycles. The first kappa shape index (κ1) is 15.1. The Balaban J connectivity index is 1.52. The molecule has 2 heterocycles. The van der Waals surface area contributed by atoms with Crippen molar-refractivity contribution in [1.29, 1.82) is 0 Å². The molecule has 0 spiro atoms. The van der Waals surface area contributed by atoms with Gasteiger partial charge in [0.1, 0.15) is 0 Å². The summed E-state index contributed by atoms with van der Waals surface area (Å²) in [5.74, 6) is -0.498. The van der Waals surface area contributed by atoms with Gasteiger partial charge in [-0.05, 0) is 40.9 Å². The van der Waals surface area contributed by atoms with Crippen molar-refractivity contribution in [1.82, 2.24) is 4.90 Å². The molecular weight excluding hydrogens is 320 g/mol. The average Bonchev–Trinajstić information content (AvgIpc) is 3.11. The number of hydrogen-bond donors (Lipinski definition) is 1. The van der Waals surface area contributed by atoms with E-state index >= 15 is 0 Å². The molecule has 1 aliphatic rings. The van der Waals surface area contributed by atoms with E-state index in [1.165, 1.54) is 20.5 Å². The van der Waals surface area contributed by atoms with E-state index in [0.29, 0.717) is 17.5 Å². The van der Waals surface area contributed by atoms with Crippen LogP contribution < -0.4 is 5.73 Å². The van der Waals surface area contributed by atoms with Gasteiger partial charge in [0.15, 0.2) is 0 Å². The third-order valence-electron chi connectivity index (χ3n) is 4.34. The average molecular weight is 336 g/mol. The summed E-state index contributed by atoms with van der Waals surface area (Å²) < 4.78 is 1.22. The molecule has 0 unspecified atom stereocenters. The Labute approximate surface area is 143 Å². The van der Waals surface area contributed by atoms with Gasteiger partial charge in [0.25, 0.3) is 11.8 Å². The number of carbonyl (C=O) groups is 2. The molecule has 1 atom stereocenters. The SMILES string of the molecule is N[C@H](Cc1csc2ccccc12)CN1C(=O)c2ccccc2C1=O. The van der Waals surface area contributed by atoms with Gasteiger partial charge < -0.3 is 5.73 Å². The quantitative estimate of drug-likeness (QED) is 0.745. The van der Waals surface area contributed by atoms with Crippen LogP contribution in [-0.2, 0) is 6.42 Å². The van der Waals surface area contributed by atoms with E-state index in [4.69, 9.17) is 5.73 Å². The van der Waals surface area contributed by atoms with Crippen LogP contribution in [0.3, 0.4) is 0 Å². The Bertz CT molecular complexity index is 912. The number of nitrogens with zero attached hydrogens (tertiary/aromatic N) is 1. The third kappa shape index (κ3) is 2.42. The highest BCUT2D eigenvalue weighted by Gasteiger charge is 2.35. The molecule has 120 valence electrons. The van der Waals surface area contributed by atoms with Crippen LogP contribution >= 0.6 is 11.3 Å². The summed E-state index contributed by atoms with van der Waals surface area (Å²) in [7, 11) is 0. The first-order valence-corrected chi connectivity index (χ1v) is 8.69. The van der Waals surface area contributed by atoms with Crippen LogP contribution in [0, 0.1) is 0 Å². The number of benzene rings is 2. The number of hydrogen-bond acceptors (Lipinski definition) is 4. The van der Waals surface area contributed by atoms with Crippen molar-refractivity contribution < 1.29 is 9.59 Å². The Morgan fingerprint density at radius 2 is 1.58 bits per heavy atom. The first-order valence-electron chi connectivity index (χ1n) is 7.81. The van der Waals surface area contributed by atoms with Crippen molar-refractivity contribution in [2.24, 2.45) is 5.73 Å². The van der Waals surface area contributed by atoms with Crippen LogP contribution in [0.4, 0.5) is 0 Å². The minimum atomic E-state index is -0.287. The monoisotopic (exact) mass is 336 g/mol. The molecule has 24 heavy (non-hydrogen) atoms. The Morgan fingerprint density at radius 1 is 0.958 bits per heavy atom.